The molecule has 1 N–H and O–H groups in total. The molecule has 6 heteroatoms. The molecule has 0 bridgehead atoms. The average molecular weight is 358 g/mol. The second-order valence-corrected chi connectivity index (χ2v) is 5.10. The number of nitrogens with one attached hydrogen (secondary N) is 1. The van der Waals surface area contributed by atoms with Crippen molar-refractivity contribution in [2.24, 2.45) is 0 Å². The summed E-state index contributed by atoms with van der Waals surface area (Å²) in [5.41, 5.74) is 2.65. The van der Waals surface area contributed by atoms with Crippen LogP contribution in [0.3, 0.4) is 0 Å². The van der Waals surface area contributed by atoms with E-state index in [1.807, 2.05) is 27.7 Å². The molecule has 18 heavy (non-hydrogen) atoms. The van der Waals surface area contributed by atoms with Crippen LogP contribution in [0.15, 0.2) is 4.52 Å². The zero-order chi connectivity index (χ0) is 13.3. The molecule has 96 valence electrons. The quantitative estimate of drug-likeness (QED) is 0.855. The van der Waals surface area contributed by atoms with Gasteiger partial charge in [0.1, 0.15) is 11.6 Å². The Hall–Kier alpha value is -1.18. The molecular formula is C12H15IN4O. The minimum atomic E-state index is 0.667. The first-order valence-electron chi connectivity index (χ1n) is 5.75. The molecule has 2 rings (SSSR count). The summed E-state index contributed by atoms with van der Waals surface area (Å²) in [7, 11) is 0. The van der Waals surface area contributed by atoms with E-state index < -0.39 is 0 Å². The van der Waals surface area contributed by atoms with Crippen LogP contribution in [0.1, 0.15) is 24.1 Å². The largest absolute Gasteiger partial charge is 0.369 e. The van der Waals surface area contributed by atoms with E-state index in [0.717, 1.165) is 38.6 Å². The maximum Gasteiger partial charge on any atom is 0.167 e. The fourth-order valence-corrected chi connectivity index (χ4v) is 2.19. The Morgan fingerprint density at radius 2 is 1.89 bits per heavy atom. The molecule has 0 aliphatic rings. The third-order valence-electron chi connectivity index (χ3n) is 2.62. The van der Waals surface area contributed by atoms with Gasteiger partial charge in [-0.2, -0.15) is 0 Å². The lowest BCUT2D eigenvalue weighted by Crippen LogP contribution is -2.06. The van der Waals surface area contributed by atoms with Crippen molar-refractivity contribution in [1.82, 2.24) is 15.1 Å². The van der Waals surface area contributed by atoms with E-state index in [0.29, 0.717) is 5.82 Å². The van der Waals surface area contributed by atoms with Crippen LogP contribution in [-0.2, 0) is 0 Å². The fraction of sp³-hybridized carbons (Fsp3) is 0.417. The van der Waals surface area contributed by atoms with E-state index in [4.69, 9.17) is 4.52 Å². The first-order valence-corrected chi connectivity index (χ1v) is 6.83. The summed E-state index contributed by atoms with van der Waals surface area (Å²) >= 11 is 2.25. The van der Waals surface area contributed by atoms with E-state index in [1.165, 1.54) is 0 Å². The first-order chi connectivity index (χ1) is 8.54. The minimum Gasteiger partial charge on any atom is -0.369 e. The maximum atomic E-state index is 5.17. The monoisotopic (exact) mass is 358 g/mol. The smallest absolute Gasteiger partial charge is 0.167 e. The normalized spacial score (nSPS) is 10.7. The maximum absolute atomic E-state index is 5.17. The van der Waals surface area contributed by atoms with E-state index in [9.17, 15) is 0 Å². The van der Waals surface area contributed by atoms with Gasteiger partial charge >= 0.3 is 0 Å². The van der Waals surface area contributed by atoms with Crippen molar-refractivity contribution >= 4 is 28.4 Å². The minimum absolute atomic E-state index is 0.667. The van der Waals surface area contributed by atoms with Gasteiger partial charge in [-0.05, 0) is 50.3 Å². The van der Waals surface area contributed by atoms with Gasteiger partial charge in [0.15, 0.2) is 5.82 Å². The van der Waals surface area contributed by atoms with Crippen molar-refractivity contribution in [3.63, 3.8) is 0 Å². The predicted octanol–water partition coefficient (Wildman–Crippen LogP) is 3.09. The Morgan fingerprint density at radius 1 is 1.17 bits per heavy atom. The third kappa shape index (κ3) is 2.33. The Labute approximate surface area is 120 Å². The molecule has 0 saturated carbocycles. The second kappa shape index (κ2) is 5.21. The number of aryl methyl sites for hydroxylation is 3. The molecule has 0 aliphatic carbocycles. The van der Waals surface area contributed by atoms with Crippen LogP contribution in [0.4, 0.5) is 5.82 Å². The highest BCUT2D eigenvalue weighted by Gasteiger charge is 2.17. The van der Waals surface area contributed by atoms with Gasteiger partial charge in [0.25, 0.3) is 0 Å². The number of hydrogen-bond acceptors (Lipinski definition) is 5. The van der Waals surface area contributed by atoms with Crippen LogP contribution in [0.5, 0.6) is 0 Å². The van der Waals surface area contributed by atoms with E-state index in [-0.39, 0.29) is 0 Å². The number of aromatic nitrogens is 3. The lowest BCUT2D eigenvalue weighted by molar-refractivity contribution is 0.393. The van der Waals surface area contributed by atoms with Crippen molar-refractivity contribution in [2.75, 3.05) is 11.9 Å². The molecule has 0 aliphatic heterocycles. The van der Waals surface area contributed by atoms with E-state index in [2.05, 4.69) is 43.0 Å². The molecule has 2 aromatic heterocycles. The first kappa shape index (κ1) is 13.3. The summed E-state index contributed by atoms with van der Waals surface area (Å²) in [6.45, 7) is 8.62. The average Bonchev–Trinajstić information content (AvgIpc) is 2.65. The molecule has 0 radical (unpaired) electrons. The molecule has 5 nitrogen and oxygen atoms in total. The zero-order valence-corrected chi connectivity index (χ0v) is 13.0. The van der Waals surface area contributed by atoms with Gasteiger partial charge in [0.05, 0.1) is 20.5 Å². The fourth-order valence-electron chi connectivity index (χ4n) is 1.76. The Balaban J connectivity index is 2.59. The van der Waals surface area contributed by atoms with Crippen molar-refractivity contribution in [3.8, 4) is 11.4 Å². The Kier molecular flexibility index (Phi) is 3.84. The van der Waals surface area contributed by atoms with Crippen LogP contribution in [0.25, 0.3) is 11.4 Å². The van der Waals surface area contributed by atoms with Gasteiger partial charge in [-0.3, -0.25) is 0 Å². The molecule has 0 atom stereocenters. The molecule has 0 saturated heterocycles. The van der Waals surface area contributed by atoms with Gasteiger partial charge in [0.2, 0.25) is 0 Å². The van der Waals surface area contributed by atoms with Crippen LogP contribution >= 0.6 is 22.6 Å². The number of anilines is 1. The number of hydrogen-bond donors (Lipinski definition) is 1. The predicted molar refractivity (Wildman–Crippen MR) is 78.6 cm³/mol. The van der Waals surface area contributed by atoms with Crippen molar-refractivity contribution in [2.45, 2.75) is 27.7 Å². The topological polar surface area (TPSA) is 63.8 Å². The van der Waals surface area contributed by atoms with Crippen molar-refractivity contribution < 1.29 is 4.52 Å². The highest BCUT2D eigenvalue weighted by molar-refractivity contribution is 14.1. The van der Waals surface area contributed by atoms with Gasteiger partial charge in [-0.1, -0.05) is 5.16 Å². The highest BCUT2D eigenvalue weighted by atomic mass is 127. The highest BCUT2D eigenvalue weighted by Crippen LogP contribution is 2.27. The molecule has 2 heterocycles. The van der Waals surface area contributed by atoms with Gasteiger partial charge < -0.3 is 9.84 Å². The summed E-state index contributed by atoms with van der Waals surface area (Å²) in [6, 6.07) is 0. The van der Waals surface area contributed by atoms with Crippen molar-refractivity contribution in [3.05, 3.63) is 20.7 Å². The summed E-state index contributed by atoms with van der Waals surface area (Å²) in [4.78, 5) is 9.08. The summed E-state index contributed by atoms with van der Waals surface area (Å²) in [5.74, 6) is 2.27. The molecule has 0 unspecified atom stereocenters. The van der Waals surface area contributed by atoms with Gasteiger partial charge in [0, 0.05) is 6.54 Å². The summed E-state index contributed by atoms with van der Waals surface area (Å²) in [5, 5.41) is 7.19. The number of rotatable bonds is 3. The second-order valence-electron chi connectivity index (χ2n) is 4.02. The van der Waals surface area contributed by atoms with Crippen molar-refractivity contribution in [1.29, 1.82) is 0 Å². The molecule has 0 spiro atoms. The van der Waals surface area contributed by atoms with Gasteiger partial charge in [-0.15, -0.1) is 0 Å². The third-order valence-corrected chi connectivity index (χ3v) is 3.91. The summed E-state index contributed by atoms with van der Waals surface area (Å²) < 4.78 is 6.21. The Bertz CT molecular complexity index is 560. The van der Waals surface area contributed by atoms with Crippen LogP contribution in [0, 0.1) is 24.3 Å². The van der Waals surface area contributed by atoms with E-state index >= 15 is 0 Å². The molecular weight excluding hydrogens is 343 g/mol. The lowest BCUT2D eigenvalue weighted by atomic mass is 10.2. The SMILES string of the molecule is CCNc1nc(-c2c(C)noc2C)nc(C)c1I. The lowest BCUT2D eigenvalue weighted by Gasteiger charge is -2.09. The standard InChI is InChI=1S/C12H15IN4O/c1-5-14-12-10(13)7(3)15-11(16-12)9-6(2)17-18-8(9)4/h5H2,1-4H3,(H,14,15,16). The molecule has 0 aromatic carbocycles. The van der Waals surface area contributed by atoms with Crippen LogP contribution < -0.4 is 5.32 Å². The zero-order valence-electron chi connectivity index (χ0n) is 10.8. The molecule has 0 amide bonds. The molecule has 0 fully saturated rings. The van der Waals surface area contributed by atoms with Crippen LogP contribution in [-0.4, -0.2) is 21.7 Å². The van der Waals surface area contributed by atoms with E-state index in [1.54, 1.807) is 0 Å². The van der Waals surface area contributed by atoms with Crippen LogP contribution in [0.2, 0.25) is 0 Å². The molecule has 2 aromatic rings. The number of nitrogens with zero attached hydrogens (tertiary/aromatic N) is 3. The number of halogens is 1. The van der Waals surface area contributed by atoms with Gasteiger partial charge in [-0.25, -0.2) is 9.97 Å². The summed E-state index contributed by atoms with van der Waals surface area (Å²) in [6.07, 6.45) is 0. The Morgan fingerprint density at radius 3 is 2.44 bits per heavy atom.